The quantitative estimate of drug-likeness (QED) is 0.665. The van der Waals surface area contributed by atoms with Crippen LogP contribution in [0.4, 0.5) is 0 Å². The molecule has 0 atom stereocenters. The molecule has 1 aliphatic carbocycles. The smallest absolute Gasteiger partial charge is 0.239 e. The summed E-state index contributed by atoms with van der Waals surface area (Å²) in [5.41, 5.74) is 0. The molecule has 1 aliphatic rings. The Bertz CT molecular complexity index is 278. The van der Waals surface area contributed by atoms with Crippen LogP contribution in [0.1, 0.15) is 19.3 Å². The lowest BCUT2D eigenvalue weighted by molar-refractivity contribution is -0.134. The molecular weight excluding hydrogens is 182 g/mol. The summed E-state index contributed by atoms with van der Waals surface area (Å²) in [4.78, 5) is 23.6. The minimum absolute atomic E-state index is 0.0387. The van der Waals surface area contributed by atoms with Crippen LogP contribution in [0.5, 0.6) is 0 Å². The van der Waals surface area contributed by atoms with Crippen LogP contribution in [0.25, 0.3) is 0 Å². The molecule has 5 heteroatoms. The van der Waals surface area contributed by atoms with Crippen LogP contribution in [0.3, 0.4) is 0 Å². The predicted molar refractivity (Wildman–Crippen MR) is 49.0 cm³/mol. The van der Waals surface area contributed by atoms with Gasteiger partial charge in [0.25, 0.3) is 0 Å². The highest BCUT2D eigenvalue weighted by Gasteiger charge is 2.24. The average molecular weight is 195 g/mol. The van der Waals surface area contributed by atoms with E-state index in [0.29, 0.717) is 6.04 Å². The van der Waals surface area contributed by atoms with E-state index < -0.39 is 0 Å². The summed E-state index contributed by atoms with van der Waals surface area (Å²) < 4.78 is 0. The van der Waals surface area contributed by atoms with Gasteiger partial charge in [0.15, 0.2) is 0 Å². The van der Waals surface area contributed by atoms with E-state index in [2.05, 4.69) is 5.32 Å². The standard InChI is InChI=1S/C9H13N3O2/c1-12(9(14)4-5-10)6-8(13)11-7-2-3-7/h7H,2-4,6H2,1H3,(H,11,13). The lowest BCUT2D eigenvalue weighted by atomic mass is 10.4. The summed E-state index contributed by atoms with van der Waals surface area (Å²) in [7, 11) is 1.52. The molecule has 14 heavy (non-hydrogen) atoms. The first kappa shape index (κ1) is 10.5. The van der Waals surface area contributed by atoms with E-state index >= 15 is 0 Å². The van der Waals surface area contributed by atoms with Crippen molar-refractivity contribution in [3.05, 3.63) is 0 Å². The highest BCUT2D eigenvalue weighted by Crippen LogP contribution is 2.18. The molecular formula is C9H13N3O2. The van der Waals surface area contributed by atoms with Crippen molar-refractivity contribution in [1.82, 2.24) is 10.2 Å². The fraction of sp³-hybridized carbons (Fsp3) is 0.667. The van der Waals surface area contributed by atoms with Gasteiger partial charge in [-0.2, -0.15) is 5.26 Å². The topological polar surface area (TPSA) is 73.2 Å². The van der Waals surface area contributed by atoms with Gasteiger partial charge in [0, 0.05) is 13.1 Å². The van der Waals surface area contributed by atoms with Gasteiger partial charge in [-0.3, -0.25) is 9.59 Å². The van der Waals surface area contributed by atoms with Crippen LogP contribution >= 0.6 is 0 Å². The summed E-state index contributed by atoms with van der Waals surface area (Å²) >= 11 is 0. The molecule has 5 nitrogen and oxygen atoms in total. The van der Waals surface area contributed by atoms with Crippen LogP contribution in [0.2, 0.25) is 0 Å². The lowest BCUT2D eigenvalue weighted by Crippen LogP contribution is -2.38. The molecule has 0 aromatic rings. The summed E-state index contributed by atoms with van der Waals surface area (Å²) in [6, 6.07) is 2.06. The van der Waals surface area contributed by atoms with E-state index in [1.807, 2.05) is 0 Å². The van der Waals surface area contributed by atoms with Crippen LogP contribution in [0.15, 0.2) is 0 Å². The SMILES string of the molecule is CN(CC(=O)NC1CC1)C(=O)CC#N. The van der Waals surface area contributed by atoms with Crippen LogP contribution in [0, 0.1) is 11.3 Å². The molecule has 0 bridgehead atoms. The number of carbonyl (C=O) groups excluding carboxylic acids is 2. The van der Waals surface area contributed by atoms with E-state index in [1.54, 1.807) is 6.07 Å². The Morgan fingerprint density at radius 3 is 2.71 bits per heavy atom. The second-order valence-electron chi connectivity index (χ2n) is 3.43. The molecule has 0 aromatic carbocycles. The third-order valence-electron chi connectivity index (χ3n) is 1.98. The number of carbonyl (C=O) groups is 2. The Hall–Kier alpha value is -1.57. The highest BCUT2D eigenvalue weighted by atomic mass is 16.2. The van der Waals surface area contributed by atoms with Gasteiger partial charge < -0.3 is 10.2 Å². The minimum Gasteiger partial charge on any atom is -0.352 e. The molecule has 0 heterocycles. The molecule has 0 unspecified atom stereocenters. The van der Waals surface area contributed by atoms with Crippen molar-refractivity contribution in [2.75, 3.05) is 13.6 Å². The lowest BCUT2D eigenvalue weighted by Gasteiger charge is -2.14. The third kappa shape index (κ3) is 3.44. The molecule has 76 valence electrons. The minimum atomic E-state index is -0.321. The van der Waals surface area contributed by atoms with Gasteiger partial charge >= 0.3 is 0 Å². The Balaban J connectivity index is 2.24. The van der Waals surface area contributed by atoms with Crippen molar-refractivity contribution >= 4 is 11.8 Å². The van der Waals surface area contributed by atoms with Gasteiger partial charge in [0.05, 0.1) is 12.6 Å². The first-order chi connectivity index (χ1) is 6.63. The Morgan fingerprint density at radius 2 is 2.21 bits per heavy atom. The second kappa shape index (κ2) is 4.61. The fourth-order valence-electron chi connectivity index (χ4n) is 1.01. The number of likely N-dealkylation sites (N-methyl/N-ethyl adjacent to an activating group) is 1. The predicted octanol–water partition coefficient (Wildman–Crippen LogP) is -0.363. The van der Waals surface area contributed by atoms with Gasteiger partial charge in [0.2, 0.25) is 11.8 Å². The van der Waals surface area contributed by atoms with Gasteiger partial charge in [0.1, 0.15) is 6.42 Å². The molecule has 0 saturated heterocycles. The molecule has 0 aliphatic heterocycles. The molecule has 1 fully saturated rings. The number of nitrogens with zero attached hydrogens (tertiary/aromatic N) is 2. The van der Waals surface area contributed by atoms with Gasteiger partial charge in [-0.05, 0) is 12.8 Å². The van der Waals surface area contributed by atoms with Crippen LogP contribution in [-0.4, -0.2) is 36.3 Å². The zero-order valence-electron chi connectivity index (χ0n) is 8.12. The first-order valence-corrected chi connectivity index (χ1v) is 4.53. The Morgan fingerprint density at radius 1 is 1.57 bits per heavy atom. The molecule has 2 amide bonds. The van der Waals surface area contributed by atoms with E-state index in [9.17, 15) is 9.59 Å². The molecule has 0 spiro atoms. The van der Waals surface area contributed by atoms with Crippen molar-refractivity contribution in [3.63, 3.8) is 0 Å². The number of hydrogen-bond acceptors (Lipinski definition) is 3. The second-order valence-corrected chi connectivity index (χ2v) is 3.43. The van der Waals surface area contributed by atoms with Crippen LogP contribution < -0.4 is 5.32 Å². The number of nitriles is 1. The van der Waals surface area contributed by atoms with Crippen LogP contribution in [-0.2, 0) is 9.59 Å². The van der Waals surface area contributed by atoms with Crippen molar-refractivity contribution in [2.24, 2.45) is 0 Å². The number of hydrogen-bond donors (Lipinski definition) is 1. The summed E-state index contributed by atoms with van der Waals surface area (Å²) in [5, 5.41) is 11.0. The average Bonchev–Trinajstić information content (AvgIpc) is 2.88. The number of rotatable bonds is 4. The van der Waals surface area contributed by atoms with E-state index in [0.717, 1.165) is 12.8 Å². The largest absolute Gasteiger partial charge is 0.352 e. The maximum absolute atomic E-state index is 11.2. The zero-order valence-corrected chi connectivity index (χ0v) is 8.12. The summed E-state index contributed by atoms with van der Waals surface area (Å²) in [6.45, 7) is 0.0387. The van der Waals surface area contributed by atoms with E-state index in [-0.39, 0.29) is 24.8 Å². The van der Waals surface area contributed by atoms with Crippen molar-refractivity contribution in [2.45, 2.75) is 25.3 Å². The molecule has 1 saturated carbocycles. The van der Waals surface area contributed by atoms with Crippen molar-refractivity contribution in [3.8, 4) is 6.07 Å². The maximum Gasteiger partial charge on any atom is 0.239 e. The molecule has 1 N–H and O–H groups in total. The number of nitrogens with one attached hydrogen (secondary N) is 1. The third-order valence-corrected chi connectivity index (χ3v) is 1.98. The number of amides is 2. The normalized spacial score (nSPS) is 14.3. The molecule has 1 rings (SSSR count). The van der Waals surface area contributed by atoms with E-state index in [1.165, 1.54) is 11.9 Å². The van der Waals surface area contributed by atoms with Crippen molar-refractivity contribution in [1.29, 1.82) is 5.26 Å². The zero-order chi connectivity index (χ0) is 10.6. The fourth-order valence-corrected chi connectivity index (χ4v) is 1.01. The van der Waals surface area contributed by atoms with Gasteiger partial charge in [-0.1, -0.05) is 0 Å². The van der Waals surface area contributed by atoms with Gasteiger partial charge in [-0.15, -0.1) is 0 Å². The Kier molecular flexibility index (Phi) is 3.46. The summed E-state index contributed by atoms with van der Waals surface area (Å²) in [6.07, 6.45) is 1.89. The van der Waals surface area contributed by atoms with Crippen molar-refractivity contribution < 1.29 is 9.59 Å². The molecule has 0 aromatic heterocycles. The van der Waals surface area contributed by atoms with Gasteiger partial charge in [-0.25, -0.2) is 0 Å². The Labute approximate surface area is 82.7 Å². The monoisotopic (exact) mass is 195 g/mol. The van der Waals surface area contributed by atoms with E-state index in [4.69, 9.17) is 5.26 Å². The maximum atomic E-state index is 11.2. The first-order valence-electron chi connectivity index (χ1n) is 4.53. The summed E-state index contributed by atoms with van der Waals surface area (Å²) in [5.74, 6) is -0.472. The highest BCUT2D eigenvalue weighted by molar-refractivity contribution is 5.85. The molecule has 0 radical (unpaired) electrons.